The van der Waals surface area contributed by atoms with Gasteiger partial charge in [-0.3, -0.25) is 0 Å². The van der Waals surface area contributed by atoms with Crippen molar-refractivity contribution in [2.45, 2.75) is 6.61 Å². The summed E-state index contributed by atoms with van der Waals surface area (Å²) in [6.07, 6.45) is 0. The van der Waals surface area contributed by atoms with E-state index in [-0.39, 0.29) is 17.7 Å². The average molecular weight is 184 g/mol. The van der Waals surface area contributed by atoms with Crippen LogP contribution in [-0.2, 0) is 11.3 Å². The van der Waals surface area contributed by atoms with Crippen molar-refractivity contribution in [3.05, 3.63) is 29.6 Å². The molecule has 0 unspecified atom stereocenters. The number of ether oxygens (including phenoxy) is 2. The van der Waals surface area contributed by atoms with Crippen LogP contribution in [0.3, 0.4) is 0 Å². The van der Waals surface area contributed by atoms with E-state index in [2.05, 4.69) is 12.2 Å². The summed E-state index contributed by atoms with van der Waals surface area (Å²) in [6, 6.07) is 4.59. The summed E-state index contributed by atoms with van der Waals surface area (Å²) in [4.78, 5) is 0. The summed E-state index contributed by atoms with van der Waals surface area (Å²) in [5, 5.41) is 0.0492. The molecule has 4 heteroatoms. The molecule has 1 aliphatic rings. The Hall–Kier alpha value is -1.16. The van der Waals surface area contributed by atoms with Gasteiger partial charge < -0.3 is 9.47 Å². The number of halogens is 1. The Bertz CT molecular complexity index is 338. The molecule has 0 fully saturated rings. The summed E-state index contributed by atoms with van der Waals surface area (Å²) in [5.74, 6) is 0.126. The number of hydrogen-bond donors (Lipinski definition) is 0. The molecule has 62 valence electrons. The van der Waals surface area contributed by atoms with Gasteiger partial charge in [-0.2, -0.15) is 0 Å². The first kappa shape index (κ1) is 7.49. The van der Waals surface area contributed by atoms with E-state index in [1.807, 2.05) is 0 Å². The van der Waals surface area contributed by atoms with Gasteiger partial charge in [-0.1, -0.05) is 6.07 Å². The minimum absolute atomic E-state index is 0.0492. The Morgan fingerprint density at radius 2 is 2.25 bits per heavy atom. The Morgan fingerprint density at radius 1 is 1.42 bits per heavy atom. The number of thiocarbonyl (C=S) groups is 1. The first-order chi connectivity index (χ1) is 5.77. The topological polar surface area (TPSA) is 18.5 Å². The molecular formula is C8H5FO2S. The van der Waals surface area contributed by atoms with Gasteiger partial charge in [-0.05, 0) is 12.1 Å². The maximum atomic E-state index is 13.0. The maximum absolute atomic E-state index is 13.0. The van der Waals surface area contributed by atoms with Crippen molar-refractivity contribution < 1.29 is 13.9 Å². The SMILES string of the molecule is Fc1cccc2c1COC(=S)O2. The van der Waals surface area contributed by atoms with Crippen LogP contribution in [0.25, 0.3) is 0 Å². The van der Waals surface area contributed by atoms with Crippen LogP contribution in [0, 0.1) is 5.82 Å². The van der Waals surface area contributed by atoms with Crippen molar-refractivity contribution in [1.82, 2.24) is 0 Å². The van der Waals surface area contributed by atoms with Crippen molar-refractivity contribution >= 4 is 17.5 Å². The van der Waals surface area contributed by atoms with Crippen LogP contribution in [-0.4, -0.2) is 5.24 Å². The van der Waals surface area contributed by atoms with Crippen LogP contribution in [0.4, 0.5) is 4.39 Å². The van der Waals surface area contributed by atoms with Gasteiger partial charge in [0.1, 0.15) is 18.2 Å². The lowest BCUT2D eigenvalue weighted by molar-refractivity contribution is 0.205. The van der Waals surface area contributed by atoms with Gasteiger partial charge in [0.25, 0.3) is 0 Å². The highest BCUT2D eigenvalue weighted by atomic mass is 32.1. The van der Waals surface area contributed by atoms with Crippen LogP contribution in [0.5, 0.6) is 5.75 Å². The van der Waals surface area contributed by atoms with Crippen molar-refractivity contribution in [2.24, 2.45) is 0 Å². The standard InChI is InChI=1S/C8H5FO2S/c9-6-2-1-3-7-5(6)4-10-8(12)11-7/h1-3H,4H2. The highest BCUT2D eigenvalue weighted by Gasteiger charge is 2.17. The quantitative estimate of drug-likeness (QED) is 0.575. The van der Waals surface area contributed by atoms with Crippen LogP contribution in [0.1, 0.15) is 5.56 Å². The zero-order chi connectivity index (χ0) is 8.55. The molecule has 0 saturated carbocycles. The molecule has 0 amide bonds. The number of benzene rings is 1. The van der Waals surface area contributed by atoms with Crippen molar-refractivity contribution in [1.29, 1.82) is 0 Å². The largest absolute Gasteiger partial charge is 0.451 e. The van der Waals surface area contributed by atoms with E-state index in [0.29, 0.717) is 11.3 Å². The van der Waals surface area contributed by atoms with E-state index < -0.39 is 0 Å². The Morgan fingerprint density at radius 3 is 3.08 bits per heavy atom. The molecule has 1 heterocycles. The van der Waals surface area contributed by atoms with Crippen LogP contribution in [0.15, 0.2) is 18.2 Å². The molecule has 1 aromatic carbocycles. The monoisotopic (exact) mass is 184 g/mol. The van der Waals surface area contributed by atoms with Gasteiger partial charge in [0.2, 0.25) is 0 Å². The fraction of sp³-hybridized carbons (Fsp3) is 0.125. The van der Waals surface area contributed by atoms with E-state index in [4.69, 9.17) is 9.47 Å². The third-order valence-electron chi connectivity index (χ3n) is 1.60. The van der Waals surface area contributed by atoms with Crippen LogP contribution >= 0.6 is 12.2 Å². The van der Waals surface area contributed by atoms with Gasteiger partial charge in [0, 0.05) is 12.2 Å². The van der Waals surface area contributed by atoms with Gasteiger partial charge in [-0.15, -0.1) is 0 Å². The predicted octanol–water partition coefficient (Wildman–Crippen LogP) is 2.02. The van der Waals surface area contributed by atoms with Gasteiger partial charge in [-0.25, -0.2) is 4.39 Å². The highest BCUT2D eigenvalue weighted by molar-refractivity contribution is 7.79. The van der Waals surface area contributed by atoms with E-state index in [0.717, 1.165) is 0 Å². The Kier molecular flexibility index (Phi) is 1.69. The molecule has 0 spiro atoms. The average Bonchev–Trinajstić information content (AvgIpc) is 2.04. The third kappa shape index (κ3) is 1.14. The first-order valence-electron chi connectivity index (χ1n) is 3.39. The number of fused-ring (bicyclic) bond motifs is 1. The molecular weight excluding hydrogens is 179 g/mol. The van der Waals surface area contributed by atoms with E-state index in [1.54, 1.807) is 12.1 Å². The van der Waals surface area contributed by atoms with E-state index in [9.17, 15) is 4.39 Å². The second-order valence-electron chi connectivity index (χ2n) is 2.36. The fourth-order valence-electron chi connectivity index (χ4n) is 1.02. The third-order valence-corrected chi connectivity index (χ3v) is 1.80. The zero-order valence-electron chi connectivity index (χ0n) is 6.04. The highest BCUT2D eigenvalue weighted by Crippen LogP contribution is 2.26. The number of rotatable bonds is 0. The smallest absolute Gasteiger partial charge is 0.358 e. The predicted molar refractivity (Wildman–Crippen MR) is 44.4 cm³/mol. The maximum Gasteiger partial charge on any atom is 0.358 e. The lowest BCUT2D eigenvalue weighted by Gasteiger charge is -2.17. The van der Waals surface area contributed by atoms with Gasteiger partial charge in [0.15, 0.2) is 0 Å². The van der Waals surface area contributed by atoms with Crippen LogP contribution in [0.2, 0.25) is 0 Å². The summed E-state index contributed by atoms with van der Waals surface area (Å²) in [5.41, 5.74) is 0.422. The van der Waals surface area contributed by atoms with E-state index in [1.165, 1.54) is 6.07 Å². The molecule has 0 aliphatic carbocycles. The Labute approximate surface area is 73.9 Å². The molecule has 0 atom stereocenters. The number of hydrogen-bond acceptors (Lipinski definition) is 3. The first-order valence-corrected chi connectivity index (χ1v) is 3.80. The van der Waals surface area contributed by atoms with Crippen molar-refractivity contribution in [3.63, 3.8) is 0 Å². The summed E-state index contributed by atoms with van der Waals surface area (Å²) in [7, 11) is 0. The van der Waals surface area contributed by atoms with Crippen LogP contribution < -0.4 is 4.74 Å². The molecule has 0 N–H and O–H groups in total. The Balaban J connectivity index is 2.48. The molecule has 0 radical (unpaired) electrons. The lowest BCUT2D eigenvalue weighted by atomic mass is 10.2. The molecule has 2 nitrogen and oxygen atoms in total. The molecule has 0 saturated heterocycles. The minimum Gasteiger partial charge on any atom is -0.451 e. The molecule has 1 aliphatic heterocycles. The summed E-state index contributed by atoms with van der Waals surface area (Å²) < 4.78 is 22.8. The normalized spacial score (nSPS) is 14.6. The molecule has 0 bridgehead atoms. The van der Waals surface area contributed by atoms with Crippen molar-refractivity contribution in [2.75, 3.05) is 0 Å². The van der Waals surface area contributed by atoms with Gasteiger partial charge >= 0.3 is 5.24 Å². The molecule has 2 rings (SSSR count). The van der Waals surface area contributed by atoms with Gasteiger partial charge in [0.05, 0.1) is 5.56 Å². The lowest BCUT2D eigenvalue weighted by Crippen LogP contribution is -2.17. The summed E-state index contributed by atoms with van der Waals surface area (Å²) in [6.45, 7) is 0.154. The van der Waals surface area contributed by atoms with Crippen molar-refractivity contribution in [3.8, 4) is 5.75 Å². The molecule has 12 heavy (non-hydrogen) atoms. The molecule has 1 aromatic rings. The molecule has 0 aromatic heterocycles. The minimum atomic E-state index is -0.324. The second kappa shape index (κ2) is 2.71. The van der Waals surface area contributed by atoms with E-state index >= 15 is 0 Å². The fourth-order valence-corrected chi connectivity index (χ4v) is 1.17. The summed E-state index contributed by atoms with van der Waals surface area (Å²) >= 11 is 4.66. The zero-order valence-corrected chi connectivity index (χ0v) is 6.86. The second-order valence-corrected chi connectivity index (χ2v) is 2.69.